The molecule has 2 aromatic carbocycles. The van der Waals surface area contributed by atoms with Crippen LogP contribution >= 0.6 is 0 Å². The van der Waals surface area contributed by atoms with Gasteiger partial charge in [-0.3, -0.25) is 0 Å². The Morgan fingerprint density at radius 3 is 2.57 bits per heavy atom. The SMILES string of the molecule is C=CC(=O)OCCOc1ccc2nn(-c3cc(C(C)(C)C)c(OC)cc3O)nc2c1. The van der Waals surface area contributed by atoms with Crippen LogP contribution in [0.1, 0.15) is 26.3 Å². The van der Waals surface area contributed by atoms with E-state index in [2.05, 4.69) is 37.5 Å². The van der Waals surface area contributed by atoms with E-state index in [9.17, 15) is 9.90 Å². The number of rotatable bonds is 7. The van der Waals surface area contributed by atoms with E-state index in [4.69, 9.17) is 14.2 Å². The van der Waals surface area contributed by atoms with Crippen LogP contribution in [0, 0.1) is 0 Å². The van der Waals surface area contributed by atoms with E-state index in [1.165, 1.54) is 4.80 Å². The molecule has 0 saturated heterocycles. The van der Waals surface area contributed by atoms with Crippen LogP contribution in [0.2, 0.25) is 0 Å². The van der Waals surface area contributed by atoms with Crippen molar-refractivity contribution in [3.8, 4) is 22.9 Å². The Morgan fingerprint density at radius 1 is 1.17 bits per heavy atom. The number of carbonyl (C=O) groups is 1. The summed E-state index contributed by atoms with van der Waals surface area (Å²) in [5, 5.41) is 19.4. The van der Waals surface area contributed by atoms with Gasteiger partial charge in [-0.15, -0.1) is 15.0 Å². The molecular weight excluding hydrogens is 386 g/mol. The number of phenols is 1. The van der Waals surface area contributed by atoms with Crippen molar-refractivity contribution in [3.05, 3.63) is 48.6 Å². The first kappa shape index (κ1) is 21.2. The Hall–Kier alpha value is -3.55. The summed E-state index contributed by atoms with van der Waals surface area (Å²) in [6.45, 7) is 9.85. The molecule has 0 fully saturated rings. The fourth-order valence-electron chi connectivity index (χ4n) is 2.93. The van der Waals surface area contributed by atoms with Gasteiger partial charge in [0.15, 0.2) is 0 Å². The summed E-state index contributed by atoms with van der Waals surface area (Å²) < 4.78 is 15.9. The average Bonchev–Trinajstić information content (AvgIpc) is 3.12. The molecule has 1 N–H and O–H groups in total. The maximum absolute atomic E-state index is 11.0. The highest BCUT2D eigenvalue weighted by Crippen LogP contribution is 2.37. The maximum atomic E-state index is 11.0. The number of hydrogen-bond donors (Lipinski definition) is 1. The van der Waals surface area contributed by atoms with Crippen LogP contribution < -0.4 is 9.47 Å². The number of aromatic hydroxyl groups is 1. The molecular formula is C22H25N3O5. The third-order valence-electron chi connectivity index (χ3n) is 4.43. The molecule has 158 valence electrons. The third-order valence-corrected chi connectivity index (χ3v) is 4.43. The van der Waals surface area contributed by atoms with E-state index in [1.807, 2.05) is 6.07 Å². The molecule has 8 nitrogen and oxygen atoms in total. The number of carbonyl (C=O) groups excluding carboxylic acids is 1. The number of hydrogen-bond acceptors (Lipinski definition) is 7. The van der Waals surface area contributed by atoms with Crippen molar-refractivity contribution >= 4 is 17.0 Å². The van der Waals surface area contributed by atoms with Gasteiger partial charge in [0, 0.05) is 23.8 Å². The summed E-state index contributed by atoms with van der Waals surface area (Å²) in [7, 11) is 1.57. The van der Waals surface area contributed by atoms with Crippen LogP contribution in [0.5, 0.6) is 17.2 Å². The number of aromatic nitrogens is 3. The molecule has 1 aromatic heterocycles. The molecule has 1 heterocycles. The molecule has 0 spiro atoms. The van der Waals surface area contributed by atoms with E-state index in [-0.39, 0.29) is 24.4 Å². The smallest absolute Gasteiger partial charge is 0.330 e. The zero-order valence-corrected chi connectivity index (χ0v) is 17.5. The molecule has 0 amide bonds. The zero-order chi connectivity index (χ0) is 21.9. The van der Waals surface area contributed by atoms with Gasteiger partial charge >= 0.3 is 5.97 Å². The Kier molecular flexibility index (Phi) is 5.96. The second-order valence-corrected chi connectivity index (χ2v) is 7.65. The number of esters is 1. The number of phenolic OH excluding ortho intramolecular Hbond substituents is 1. The topological polar surface area (TPSA) is 95.7 Å². The lowest BCUT2D eigenvalue weighted by atomic mass is 9.86. The van der Waals surface area contributed by atoms with E-state index in [1.54, 1.807) is 31.4 Å². The Bertz CT molecular complexity index is 1080. The molecule has 0 saturated carbocycles. The zero-order valence-electron chi connectivity index (χ0n) is 17.5. The van der Waals surface area contributed by atoms with E-state index in [0.717, 1.165) is 11.6 Å². The second-order valence-electron chi connectivity index (χ2n) is 7.65. The Labute approximate surface area is 174 Å². The van der Waals surface area contributed by atoms with Crippen molar-refractivity contribution in [2.45, 2.75) is 26.2 Å². The summed E-state index contributed by atoms with van der Waals surface area (Å²) in [5.41, 5.74) is 2.43. The summed E-state index contributed by atoms with van der Waals surface area (Å²) in [5.74, 6) is 0.693. The highest BCUT2D eigenvalue weighted by molar-refractivity contribution is 5.81. The summed E-state index contributed by atoms with van der Waals surface area (Å²) in [4.78, 5) is 12.4. The molecule has 0 atom stereocenters. The van der Waals surface area contributed by atoms with Gasteiger partial charge in [0.2, 0.25) is 0 Å². The van der Waals surface area contributed by atoms with Gasteiger partial charge in [0.05, 0.1) is 7.11 Å². The fraction of sp³-hybridized carbons (Fsp3) is 0.318. The Morgan fingerprint density at radius 2 is 1.90 bits per heavy atom. The minimum absolute atomic E-state index is 0.0145. The molecule has 0 unspecified atom stereocenters. The van der Waals surface area contributed by atoms with Crippen LogP contribution in [0.25, 0.3) is 16.7 Å². The van der Waals surface area contributed by atoms with Gasteiger partial charge in [-0.05, 0) is 23.6 Å². The predicted molar refractivity (Wildman–Crippen MR) is 112 cm³/mol. The maximum Gasteiger partial charge on any atom is 0.330 e. The Balaban J connectivity index is 1.87. The van der Waals surface area contributed by atoms with Crippen molar-refractivity contribution in [3.63, 3.8) is 0 Å². The first-order valence-electron chi connectivity index (χ1n) is 9.44. The quantitative estimate of drug-likeness (QED) is 0.361. The molecule has 3 aromatic rings. The molecule has 0 aliphatic heterocycles. The molecule has 30 heavy (non-hydrogen) atoms. The average molecular weight is 411 g/mol. The summed E-state index contributed by atoms with van der Waals surface area (Å²) in [6.07, 6.45) is 1.10. The molecule has 0 bridgehead atoms. The van der Waals surface area contributed by atoms with Crippen LogP contribution in [-0.4, -0.2) is 46.4 Å². The van der Waals surface area contributed by atoms with Crippen molar-refractivity contribution < 1.29 is 24.1 Å². The number of methoxy groups -OCH3 is 1. The van der Waals surface area contributed by atoms with E-state index < -0.39 is 5.97 Å². The van der Waals surface area contributed by atoms with Crippen LogP contribution in [-0.2, 0) is 14.9 Å². The number of ether oxygens (including phenoxy) is 3. The predicted octanol–water partition coefficient (Wildman–Crippen LogP) is 3.54. The van der Waals surface area contributed by atoms with Gasteiger partial charge in [0.1, 0.15) is 47.2 Å². The minimum Gasteiger partial charge on any atom is -0.505 e. The lowest BCUT2D eigenvalue weighted by molar-refractivity contribution is -0.138. The largest absolute Gasteiger partial charge is 0.505 e. The van der Waals surface area contributed by atoms with Crippen molar-refractivity contribution in [1.82, 2.24) is 15.0 Å². The summed E-state index contributed by atoms with van der Waals surface area (Å²) in [6, 6.07) is 8.67. The van der Waals surface area contributed by atoms with Crippen molar-refractivity contribution in [1.29, 1.82) is 0 Å². The van der Waals surface area contributed by atoms with Gasteiger partial charge in [-0.2, -0.15) is 0 Å². The van der Waals surface area contributed by atoms with Gasteiger partial charge in [-0.1, -0.05) is 27.4 Å². The highest BCUT2D eigenvalue weighted by atomic mass is 16.6. The van der Waals surface area contributed by atoms with E-state index in [0.29, 0.717) is 28.2 Å². The van der Waals surface area contributed by atoms with Gasteiger partial charge < -0.3 is 19.3 Å². The molecule has 0 radical (unpaired) electrons. The molecule has 0 aliphatic carbocycles. The lowest BCUT2D eigenvalue weighted by Crippen LogP contribution is -2.14. The number of fused-ring (bicyclic) bond motifs is 1. The van der Waals surface area contributed by atoms with Crippen LogP contribution in [0.3, 0.4) is 0 Å². The number of nitrogens with zero attached hydrogens (tertiary/aromatic N) is 3. The molecule has 3 rings (SSSR count). The lowest BCUT2D eigenvalue weighted by Gasteiger charge is -2.23. The first-order chi connectivity index (χ1) is 14.2. The minimum atomic E-state index is -0.495. The van der Waals surface area contributed by atoms with Crippen LogP contribution in [0.4, 0.5) is 0 Å². The fourth-order valence-corrected chi connectivity index (χ4v) is 2.93. The first-order valence-corrected chi connectivity index (χ1v) is 9.44. The van der Waals surface area contributed by atoms with Crippen LogP contribution in [0.15, 0.2) is 43.0 Å². The standard InChI is InChI=1S/C22H25N3O5/c1-6-21(27)30-10-9-29-14-7-8-16-17(11-14)24-25(23-16)18-12-15(22(2,3)4)20(28-5)13-19(18)26/h6-8,11-13,26H,1,9-10H2,2-5H3. The van der Waals surface area contributed by atoms with Gasteiger partial charge in [0.25, 0.3) is 0 Å². The summed E-state index contributed by atoms with van der Waals surface area (Å²) >= 11 is 0. The molecule has 8 heteroatoms. The second kappa shape index (κ2) is 8.44. The number of benzene rings is 2. The highest BCUT2D eigenvalue weighted by Gasteiger charge is 2.22. The normalized spacial score (nSPS) is 11.3. The van der Waals surface area contributed by atoms with Crippen molar-refractivity contribution in [2.24, 2.45) is 0 Å². The molecule has 0 aliphatic rings. The third kappa shape index (κ3) is 4.53. The monoisotopic (exact) mass is 411 g/mol. The van der Waals surface area contributed by atoms with Crippen molar-refractivity contribution in [2.75, 3.05) is 20.3 Å². The van der Waals surface area contributed by atoms with Gasteiger partial charge in [-0.25, -0.2) is 4.79 Å². The van der Waals surface area contributed by atoms with E-state index >= 15 is 0 Å².